The van der Waals surface area contributed by atoms with Crippen molar-refractivity contribution in [3.05, 3.63) is 18.5 Å². The lowest BCUT2D eigenvalue weighted by Crippen LogP contribution is -1.98. The molecule has 2 heterocycles. The second-order valence-electron chi connectivity index (χ2n) is 2.14. The number of nitrogens with zero attached hydrogens (tertiary/aromatic N) is 5. The summed E-state index contributed by atoms with van der Waals surface area (Å²) in [5.74, 6) is 0.900. The van der Waals surface area contributed by atoms with Crippen molar-refractivity contribution < 1.29 is 4.42 Å². The summed E-state index contributed by atoms with van der Waals surface area (Å²) < 4.78 is 4.75. The Balaban J connectivity index is 2.43. The molecular weight excluding hydrogens is 158 g/mol. The largest absolute Gasteiger partial charge is 0.451 e. The van der Waals surface area contributed by atoms with E-state index in [2.05, 4.69) is 25.4 Å². The van der Waals surface area contributed by atoms with Gasteiger partial charge in [0.2, 0.25) is 5.82 Å². The monoisotopic (exact) mass is 163 g/mol. The van der Waals surface area contributed by atoms with Crippen molar-refractivity contribution in [1.82, 2.24) is 25.4 Å². The van der Waals surface area contributed by atoms with E-state index >= 15 is 0 Å². The molecule has 0 aliphatic heterocycles. The van der Waals surface area contributed by atoms with Gasteiger partial charge in [0.15, 0.2) is 12.2 Å². The van der Waals surface area contributed by atoms with Gasteiger partial charge >= 0.3 is 0 Å². The molecule has 6 nitrogen and oxygen atoms in total. The molecule has 0 aromatic carbocycles. The molecule has 0 spiro atoms. The van der Waals surface area contributed by atoms with Crippen LogP contribution in [0.3, 0.4) is 0 Å². The van der Waals surface area contributed by atoms with Crippen molar-refractivity contribution in [3.63, 3.8) is 0 Å². The standard InChI is InChI=1S/C6H5N5O/c1-4-8-10-6(11-9-4)5-2-12-3-7-5/h2-3H,1H3. The highest BCUT2D eigenvalue weighted by molar-refractivity contribution is 5.43. The minimum Gasteiger partial charge on any atom is -0.451 e. The minimum absolute atomic E-state index is 0.370. The zero-order chi connectivity index (χ0) is 8.39. The van der Waals surface area contributed by atoms with Crippen molar-refractivity contribution in [2.24, 2.45) is 0 Å². The molecule has 0 radical (unpaired) electrons. The van der Waals surface area contributed by atoms with E-state index in [4.69, 9.17) is 4.42 Å². The van der Waals surface area contributed by atoms with Crippen LogP contribution in [0.5, 0.6) is 0 Å². The Morgan fingerprint density at radius 2 is 1.92 bits per heavy atom. The molecule has 0 atom stereocenters. The molecule has 2 aromatic rings. The molecule has 2 rings (SSSR count). The molecule has 2 aromatic heterocycles. The molecule has 6 heteroatoms. The van der Waals surface area contributed by atoms with Gasteiger partial charge in [0.1, 0.15) is 12.0 Å². The van der Waals surface area contributed by atoms with Gasteiger partial charge in [-0.05, 0) is 6.92 Å². The van der Waals surface area contributed by atoms with Gasteiger partial charge in [0.05, 0.1) is 0 Å². The predicted molar refractivity (Wildman–Crippen MR) is 37.9 cm³/mol. The summed E-state index contributed by atoms with van der Waals surface area (Å²) in [6, 6.07) is 0. The maximum Gasteiger partial charge on any atom is 0.225 e. The Kier molecular flexibility index (Phi) is 1.51. The first-order valence-electron chi connectivity index (χ1n) is 3.29. The smallest absolute Gasteiger partial charge is 0.225 e. The van der Waals surface area contributed by atoms with E-state index in [0.717, 1.165) is 0 Å². The Morgan fingerprint density at radius 3 is 2.50 bits per heavy atom. The third-order valence-electron chi connectivity index (χ3n) is 1.24. The fourth-order valence-electron chi connectivity index (χ4n) is 0.705. The highest BCUT2D eigenvalue weighted by atomic mass is 16.3. The first kappa shape index (κ1) is 6.84. The third-order valence-corrected chi connectivity index (χ3v) is 1.24. The number of aromatic nitrogens is 5. The van der Waals surface area contributed by atoms with Crippen molar-refractivity contribution in [2.75, 3.05) is 0 Å². The van der Waals surface area contributed by atoms with Crippen molar-refractivity contribution in [1.29, 1.82) is 0 Å². The van der Waals surface area contributed by atoms with Gasteiger partial charge in [0.25, 0.3) is 0 Å². The number of aryl methyl sites for hydroxylation is 1. The lowest BCUT2D eigenvalue weighted by Gasteiger charge is -1.90. The van der Waals surface area contributed by atoms with Gasteiger partial charge < -0.3 is 4.42 Å². The number of oxazole rings is 1. The third kappa shape index (κ3) is 1.14. The topological polar surface area (TPSA) is 77.6 Å². The molecule has 0 N–H and O–H groups in total. The van der Waals surface area contributed by atoms with Crippen LogP contribution < -0.4 is 0 Å². The summed E-state index contributed by atoms with van der Waals surface area (Å²) in [6.45, 7) is 1.71. The lowest BCUT2D eigenvalue weighted by molar-refractivity contribution is 0.558. The van der Waals surface area contributed by atoms with E-state index in [1.54, 1.807) is 6.92 Å². The molecular formula is C6H5N5O. The van der Waals surface area contributed by atoms with Crippen LogP contribution in [0.2, 0.25) is 0 Å². The average Bonchev–Trinajstić information content (AvgIpc) is 2.58. The van der Waals surface area contributed by atoms with Crippen LogP contribution in [-0.4, -0.2) is 25.4 Å². The molecule has 0 unspecified atom stereocenters. The molecule has 0 amide bonds. The van der Waals surface area contributed by atoms with Crippen LogP contribution in [-0.2, 0) is 0 Å². The number of hydrogen-bond donors (Lipinski definition) is 0. The second-order valence-corrected chi connectivity index (χ2v) is 2.14. The molecule has 0 aliphatic rings. The van der Waals surface area contributed by atoms with E-state index in [1.165, 1.54) is 12.7 Å². The average molecular weight is 163 g/mol. The van der Waals surface area contributed by atoms with Gasteiger partial charge in [-0.1, -0.05) is 0 Å². The predicted octanol–water partition coefficient (Wildman–Crippen LogP) is 0.230. The van der Waals surface area contributed by atoms with E-state index in [9.17, 15) is 0 Å². The van der Waals surface area contributed by atoms with E-state index in [0.29, 0.717) is 17.3 Å². The zero-order valence-electron chi connectivity index (χ0n) is 6.30. The molecule has 60 valence electrons. The van der Waals surface area contributed by atoms with E-state index in [1.807, 2.05) is 0 Å². The van der Waals surface area contributed by atoms with Gasteiger partial charge in [-0.3, -0.25) is 0 Å². The van der Waals surface area contributed by atoms with E-state index < -0.39 is 0 Å². The summed E-state index contributed by atoms with van der Waals surface area (Å²) in [5.41, 5.74) is 0.537. The van der Waals surface area contributed by atoms with Crippen LogP contribution in [0.1, 0.15) is 5.82 Å². The summed E-state index contributed by atoms with van der Waals surface area (Å²) >= 11 is 0. The van der Waals surface area contributed by atoms with Crippen LogP contribution in [0, 0.1) is 6.92 Å². The van der Waals surface area contributed by atoms with Crippen molar-refractivity contribution in [2.45, 2.75) is 6.92 Å². The Morgan fingerprint density at radius 1 is 1.17 bits per heavy atom. The van der Waals surface area contributed by atoms with Gasteiger partial charge in [-0.2, -0.15) is 0 Å². The molecule has 0 saturated heterocycles. The molecule has 12 heavy (non-hydrogen) atoms. The quantitative estimate of drug-likeness (QED) is 0.598. The Bertz CT molecular complexity index is 354. The van der Waals surface area contributed by atoms with Crippen LogP contribution in [0.15, 0.2) is 17.1 Å². The molecule has 0 bridgehead atoms. The fourth-order valence-corrected chi connectivity index (χ4v) is 0.705. The fraction of sp³-hybridized carbons (Fsp3) is 0.167. The van der Waals surface area contributed by atoms with Crippen molar-refractivity contribution in [3.8, 4) is 11.5 Å². The van der Waals surface area contributed by atoms with Gasteiger partial charge in [0, 0.05) is 0 Å². The number of rotatable bonds is 1. The summed E-state index contributed by atoms with van der Waals surface area (Å²) in [6.07, 6.45) is 2.74. The SMILES string of the molecule is Cc1nnc(-c2cocn2)nn1. The second kappa shape index (κ2) is 2.65. The zero-order valence-corrected chi connectivity index (χ0v) is 6.30. The minimum atomic E-state index is 0.370. The van der Waals surface area contributed by atoms with Crippen LogP contribution in [0.4, 0.5) is 0 Å². The van der Waals surface area contributed by atoms with Crippen LogP contribution >= 0.6 is 0 Å². The van der Waals surface area contributed by atoms with Gasteiger partial charge in [-0.25, -0.2) is 4.98 Å². The Hall–Kier alpha value is -1.85. The van der Waals surface area contributed by atoms with Gasteiger partial charge in [-0.15, -0.1) is 20.4 Å². The lowest BCUT2D eigenvalue weighted by atomic mass is 10.5. The summed E-state index contributed by atoms with van der Waals surface area (Å²) in [7, 11) is 0. The van der Waals surface area contributed by atoms with Crippen molar-refractivity contribution >= 4 is 0 Å². The first-order valence-corrected chi connectivity index (χ1v) is 3.29. The maximum absolute atomic E-state index is 4.75. The molecule has 0 aliphatic carbocycles. The maximum atomic E-state index is 4.75. The Labute approximate surface area is 67.7 Å². The summed E-state index contributed by atoms with van der Waals surface area (Å²) in [5, 5.41) is 15.0. The number of hydrogen-bond acceptors (Lipinski definition) is 6. The first-order chi connectivity index (χ1) is 5.86. The normalized spacial score (nSPS) is 10.1. The van der Waals surface area contributed by atoms with E-state index in [-0.39, 0.29) is 0 Å². The van der Waals surface area contributed by atoms with Crippen LogP contribution in [0.25, 0.3) is 11.5 Å². The highest BCUT2D eigenvalue weighted by Gasteiger charge is 2.04. The molecule has 0 saturated carbocycles. The highest BCUT2D eigenvalue weighted by Crippen LogP contribution is 2.07. The molecule has 0 fully saturated rings. The summed E-state index contributed by atoms with van der Waals surface area (Å²) in [4.78, 5) is 3.84.